The number of rotatable bonds is 10. The van der Waals surface area contributed by atoms with Gasteiger partial charge in [0, 0.05) is 6.61 Å². The Morgan fingerprint density at radius 2 is 1.58 bits per heavy atom. The molecule has 0 heterocycles. The maximum atomic E-state index is 9.45. The Kier molecular flexibility index (Phi) is 8.24. The highest BCUT2D eigenvalue weighted by Gasteiger charge is 2.11. The lowest BCUT2D eigenvalue weighted by molar-refractivity contribution is 0.259. The Balaban J connectivity index is 1.69. The number of aliphatic hydroxyl groups excluding tert-OH is 3. The molecule has 3 aromatic rings. The number of hydrogen-bond donors (Lipinski definition) is 3. The van der Waals surface area contributed by atoms with Crippen LogP contribution in [0.25, 0.3) is 11.1 Å². The van der Waals surface area contributed by atoms with Crippen molar-refractivity contribution in [2.24, 2.45) is 0 Å². The second-order valence-corrected chi connectivity index (χ2v) is 7.92. The second-order valence-electron chi connectivity index (χ2n) is 7.92. The molecule has 3 aromatic carbocycles. The van der Waals surface area contributed by atoms with Gasteiger partial charge in [0.05, 0.1) is 13.2 Å². The summed E-state index contributed by atoms with van der Waals surface area (Å²) in [5.41, 5.74) is 7.25. The van der Waals surface area contributed by atoms with Gasteiger partial charge in [-0.2, -0.15) is 0 Å². The molecule has 0 aliphatic rings. The minimum atomic E-state index is -0.102. The van der Waals surface area contributed by atoms with Gasteiger partial charge < -0.3 is 20.1 Å². The number of ether oxygens (including phenoxy) is 1. The third-order valence-electron chi connectivity index (χ3n) is 5.87. The average Bonchev–Trinajstić information content (AvgIpc) is 2.81. The summed E-state index contributed by atoms with van der Waals surface area (Å²) in [6, 6.07) is 20.2. The molecule has 0 fully saturated rings. The molecule has 31 heavy (non-hydrogen) atoms. The standard InChI is InChI=1S/C27H32O4/c1-3-21(12-13-28)23-8-11-27(19(2)14-23)22-6-9-26(10-7-22)31-18-20-4-5-24(16-29)25(15-20)17-30/h4-11,14-15,21,28-30H,3,12-13,16-18H2,1-2H3. The molecule has 0 aliphatic carbocycles. The number of benzene rings is 3. The summed E-state index contributed by atoms with van der Waals surface area (Å²) in [7, 11) is 0. The van der Waals surface area contributed by atoms with Gasteiger partial charge in [-0.05, 0) is 82.8 Å². The first-order valence-corrected chi connectivity index (χ1v) is 10.9. The summed E-state index contributed by atoms with van der Waals surface area (Å²) >= 11 is 0. The van der Waals surface area contributed by atoms with Crippen LogP contribution in [0.3, 0.4) is 0 Å². The van der Waals surface area contributed by atoms with Crippen LogP contribution in [0.4, 0.5) is 0 Å². The predicted octanol–water partition coefficient (Wildman–Crippen LogP) is 5.10. The maximum Gasteiger partial charge on any atom is 0.119 e. The SMILES string of the molecule is CCC(CCO)c1ccc(-c2ccc(OCc3ccc(CO)c(CO)c3)cc2)c(C)c1. The Hall–Kier alpha value is -2.66. The highest BCUT2D eigenvalue weighted by atomic mass is 16.5. The lowest BCUT2D eigenvalue weighted by Crippen LogP contribution is -2.01. The van der Waals surface area contributed by atoms with Gasteiger partial charge in [-0.25, -0.2) is 0 Å². The van der Waals surface area contributed by atoms with E-state index in [1.165, 1.54) is 16.7 Å². The van der Waals surface area contributed by atoms with Crippen molar-refractivity contribution < 1.29 is 20.1 Å². The van der Waals surface area contributed by atoms with Crippen molar-refractivity contribution in [2.45, 2.75) is 52.4 Å². The van der Waals surface area contributed by atoms with Crippen molar-refractivity contribution in [2.75, 3.05) is 6.61 Å². The minimum Gasteiger partial charge on any atom is -0.489 e. The fraction of sp³-hybridized carbons (Fsp3) is 0.333. The normalized spacial score (nSPS) is 12.0. The van der Waals surface area contributed by atoms with E-state index < -0.39 is 0 Å². The molecule has 1 atom stereocenters. The van der Waals surface area contributed by atoms with Crippen LogP contribution in [0.15, 0.2) is 60.7 Å². The third-order valence-corrected chi connectivity index (χ3v) is 5.87. The fourth-order valence-electron chi connectivity index (χ4n) is 3.99. The fourth-order valence-corrected chi connectivity index (χ4v) is 3.99. The zero-order valence-corrected chi connectivity index (χ0v) is 18.3. The quantitative estimate of drug-likeness (QED) is 0.427. The van der Waals surface area contributed by atoms with E-state index in [1.807, 2.05) is 30.3 Å². The molecule has 4 heteroatoms. The molecule has 0 radical (unpaired) electrons. The molecule has 0 spiro atoms. The van der Waals surface area contributed by atoms with Crippen LogP contribution in [0.5, 0.6) is 5.75 Å². The third kappa shape index (κ3) is 5.73. The van der Waals surface area contributed by atoms with Crippen molar-refractivity contribution in [1.82, 2.24) is 0 Å². The molecule has 1 unspecified atom stereocenters. The van der Waals surface area contributed by atoms with Crippen LogP contribution >= 0.6 is 0 Å². The van der Waals surface area contributed by atoms with Crippen molar-refractivity contribution in [3.05, 3.63) is 88.5 Å². The Morgan fingerprint density at radius 3 is 2.19 bits per heavy atom. The molecule has 0 aliphatic heterocycles. The van der Waals surface area contributed by atoms with Crippen molar-refractivity contribution in [1.29, 1.82) is 0 Å². The summed E-state index contributed by atoms with van der Waals surface area (Å²) < 4.78 is 5.91. The van der Waals surface area contributed by atoms with Crippen molar-refractivity contribution in [3.63, 3.8) is 0 Å². The van der Waals surface area contributed by atoms with E-state index in [0.717, 1.165) is 40.8 Å². The van der Waals surface area contributed by atoms with E-state index in [1.54, 1.807) is 0 Å². The Morgan fingerprint density at radius 1 is 0.839 bits per heavy atom. The smallest absolute Gasteiger partial charge is 0.119 e. The van der Waals surface area contributed by atoms with Gasteiger partial charge in [0.25, 0.3) is 0 Å². The largest absolute Gasteiger partial charge is 0.489 e. The van der Waals surface area contributed by atoms with Gasteiger partial charge >= 0.3 is 0 Å². The zero-order chi connectivity index (χ0) is 22.2. The summed E-state index contributed by atoms with van der Waals surface area (Å²) in [5.74, 6) is 1.18. The van der Waals surface area contributed by atoms with Crippen LogP contribution in [0.2, 0.25) is 0 Å². The van der Waals surface area contributed by atoms with Gasteiger partial charge in [-0.15, -0.1) is 0 Å². The lowest BCUT2D eigenvalue weighted by atomic mass is 9.89. The Labute approximate surface area is 184 Å². The number of hydrogen-bond acceptors (Lipinski definition) is 4. The number of aryl methyl sites for hydroxylation is 1. The molecule has 3 N–H and O–H groups in total. The summed E-state index contributed by atoms with van der Waals surface area (Å²) in [6.45, 7) is 4.72. The van der Waals surface area contributed by atoms with E-state index in [-0.39, 0.29) is 19.8 Å². The van der Waals surface area contributed by atoms with Gasteiger partial charge in [0.1, 0.15) is 12.4 Å². The van der Waals surface area contributed by atoms with Gasteiger partial charge in [0.15, 0.2) is 0 Å². The summed E-state index contributed by atoms with van der Waals surface area (Å²) in [4.78, 5) is 0. The van der Waals surface area contributed by atoms with Crippen LogP contribution in [-0.4, -0.2) is 21.9 Å². The van der Waals surface area contributed by atoms with E-state index >= 15 is 0 Å². The molecule has 4 nitrogen and oxygen atoms in total. The van der Waals surface area contributed by atoms with Gasteiger partial charge in [-0.1, -0.05) is 49.4 Å². The minimum absolute atomic E-state index is 0.0839. The van der Waals surface area contributed by atoms with E-state index in [2.05, 4.69) is 44.2 Å². The molecule has 0 aromatic heterocycles. The van der Waals surface area contributed by atoms with Crippen LogP contribution in [0, 0.1) is 6.92 Å². The van der Waals surface area contributed by atoms with E-state index in [4.69, 9.17) is 4.74 Å². The van der Waals surface area contributed by atoms with Gasteiger partial charge in [0.2, 0.25) is 0 Å². The highest BCUT2D eigenvalue weighted by molar-refractivity contribution is 5.68. The average molecular weight is 421 g/mol. The first kappa shape index (κ1) is 23.0. The molecule has 0 saturated carbocycles. The van der Waals surface area contributed by atoms with Crippen molar-refractivity contribution >= 4 is 0 Å². The summed E-state index contributed by atoms with van der Waals surface area (Å²) in [5, 5.41) is 28.0. The summed E-state index contributed by atoms with van der Waals surface area (Å²) in [6.07, 6.45) is 1.82. The molecule has 3 rings (SSSR count). The number of aliphatic hydroxyl groups is 3. The van der Waals surface area contributed by atoms with Crippen LogP contribution in [0.1, 0.15) is 53.5 Å². The second kappa shape index (κ2) is 11.1. The lowest BCUT2D eigenvalue weighted by Gasteiger charge is -2.16. The molecule has 164 valence electrons. The molecular formula is C27H32O4. The molecular weight excluding hydrogens is 388 g/mol. The zero-order valence-electron chi connectivity index (χ0n) is 18.3. The first-order valence-electron chi connectivity index (χ1n) is 10.9. The molecule has 0 bridgehead atoms. The van der Waals surface area contributed by atoms with E-state index in [9.17, 15) is 15.3 Å². The van der Waals surface area contributed by atoms with E-state index in [0.29, 0.717) is 12.5 Å². The topological polar surface area (TPSA) is 69.9 Å². The predicted molar refractivity (Wildman–Crippen MR) is 124 cm³/mol. The molecule has 0 amide bonds. The Bertz CT molecular complexity index is 979. The van der Waals surface area contributed by atoms with Crippen LogP contribution in [-0.2, 0) is 19.8 Å². The molecule has 0 saturated heterocycles. The highest BCUT2D eigenvalue weighted by Crippen LogP contribution is 2.30. The monoisotopic (exact) mass is 420 g/mol. The van der Waals surface area contributed by atoms with Crippen LogP contribution < -0.4 is 4.74 Å². The van der Waals surface area contributed by atoms with Gasteiger partial charge in [-0.3, -0.25) is 0 Å². The maximum absolute atomic E-state index is 9.45. The first-order chi connectivity index (χ1) is 15.1. The van der Waals surface area contributed by atoms with Crippen molar-refractivity contribution in [3.8, 4) is 16.9 Å².